The highest BCUT2D eigenvalue weighted by atomic mass is 16.5. The van der Waals surface area contributed by atoms with E-state index in [1.54, 1.807) is 25.3 Å². The smallest absolute Gasteiger partial charge is 0.326 e. The molecule has 0 heterocycles. The maximum atomic E-state index is 13.4. The van der Waals surface area contributed by atoms with Gasteiger partial charge in [-0.3, -0.25) is 4.79 Å². The number of hydrogen-bond donors (Lipinski definition) is 4. The highest BCUT2D eigenvalue weighted by Crippen LogP contribution is 2.30. The van der Waals surface area contributed by atoms with Gasteiger partial charge in [0, 0.05) is 5.69 Å². The van der Waals surface area contributed by atoms with Gasteiger partial charge in [-0.2, -0.15) is 0 Å². The van der Waals surface area contributed by atoms with Gasteiger partial charge >= 0.3 is 12.0 Å². The van der Waals surface area contributed by atoms with Gasteiger partial charge in [0.2, 0.25) is 0 Å². The van der Waals surface area contributed by atoms with Gasteiger partial charge < -0.3 is 25.8 Å². The van der Waals surface area contributed by atoms with Gasteiger partial charge in [0.05, 0.1) is 18.4 Å². The zero-order valence-corrected chi connectivity index (χ0v) is 22.5. The number of benzene rings is 3. The first-order valence-corrected chi connectivity index (χ1v) is 13.2. The number of urea groups is 1. The summed E-state index contributed by atoms with van der Waals surface area (Å²) in [5.41, 5.74) is 4.61. The van der Waals surface area contributed by atoms with E-state index in [1.165, 1.54) is 0 Å². The van der Waals surface area contributed by atoms with Gasteiger partial charge in [-0.1, -0.05) is 55.7 Å². The third-order valence-corrected chi connectivity index (χ3v) is 7.33. The van der Waals surface area contributed by atoms with E-state index in [1.807, 2.05) is 56.3 Å². The molecule has 1 fully saturated rings. The fourth-order valence-corrected chi connectivity index (χ4v) is 5.16. The Balaban J connectivity index is 1.64. The van der Waals surface area contributed by atoms with E-state index < -0.39 is 23.9 Å². The molecule has 8 heteroatoms. The Labute approximate surface area is 228 Å². The molecule has 8 nitrogen and oxygen atoms in total. The van der Waals surface area contributed by atoms with Crippen molar-refractivity contribution in [1.82, 2.24) is 5.32 Å². The van der Waals surface area contributed by atoms with Crippen LogP contribution in [0.25, 0.3) is 11.1 Å². The fourth-order valence-electron chi connectivity index (χ4n) is 5.16. The zero-order valence-electron chi connectivity index (χ0n) is 22.5. The minimum atomic E-state index is -1.05. The molecule has 1 aliphatic rings. The Hall–Kier alpha value is -4.33. The standard InChI is InChI=1S/C31H35N3O5/c1-19-8-7-9-20(2)27(19)34-31(38)32-26-18-23(21-12-15-24(39-3)16-13-21)14-17-25(26)29(35)33-28(30(36)37)22-10-5-4-6-11-22/h7-9,12-18,22,28H,4-6,10-11H2,1-3H3,(H,33,35)(H,36,37)(H2,32,34,38)/t28-/m0/s1. The molecule has 0 saturated heterocycles. The number of para-hydroxylation sites is 1. The molecule has 0 aromatic heterocycles. The Morgan fingerprint density at radius 1 is 0.872 bits per heavy atom. The SMILES string of the molecule is COc1ccc(-c2ccc(C(=O)N[C@H](C(=O)O)C3CCCCC3)c(NC(=O)Nc3c(C)cccc3C)c2)cc1. The molecule has 39 heavy (non-hydrogen) atoms. The normalized spacial score (nSPS) is 14.2. The minimum Gasteiger partial charge on any atom is -0.497 e. The summed E-state index contributed by atoms with van der Waals surface area (Å²) in [6.07, 6.45) is 4.50. The molecule has 3 aromatic rings. The topological polar surface area (TPSA) is 117 Å². The average Bonchev–Trinajstić information content (AvgIpc) is 2.94. The first-order chi connectivity index (χ1) is 18.8. The predicted molar refractivity (Wildman–Crippen MR) is 152 cm³/mol. The lowest BCUT2D eigenvalue weighted by molar-refractivity contribution is -0.141. The molecule has 0 unspecified atom stereocenters. The molecule has 0 bridgehead atoms. The van der Waals surface area contributed by atoms with Crippen LogP contribution in [-0.2, 0) is 4.79 Å². The average molecular weight is 530 g/mol. The van der Waals surface area contributed by atoms with Crippen molar-refractivity contribution in [2.24, 2.45) is 5.92 Å². The number of methoxy groups -OCH3 is 1. The fraction of sp³-hybridized carbons (Fsp3) is 0.323. The summed E-state index contributed by atoms with van der Waals surface area (Å²) in [4.78, 5) is 38.6. The van der Waals surface area contributed by atoms with Gasteiger partial charge in [-0.05, 0) is 79.1 Å². The van der Waals surface area contributed by atoms with Crippen molar-refractivity contribution >= 4 is 29.3 Å². The van der Waals surface area contributed by atoms with Crippen LogP contribution in [0.3, 0.4) is 0 Å². The number of carbonyl (C=O) groups is 3. The molecule has 4 rings (SSSR count). The highest BCUT2D eigenvalue weighted by molar-refractivity contribution is 6.08. The molecule has 4 N–H and O–H groups in total. The summed E-state index contributed by atoms with van der Waals surface area (Å²) >= 11 is 0. The second-order valence-electron chi connectivity index (χ2n) is 10.0. The van der Waals surface area contributed by atoms with Crippen molar-refractivity contribution < 1.29 is 24.2 Å². The summed E-state index contributed by atoms with van der Waals surface area (Å²) in [5.74, 6) is -1.00. The largest absolute Gasteiger partial charge is 0.497 e. The molecular formula is C31H35N3O5. The molecule has 1 atom stereocenters. The van der Waals surface area contributed by atoms with Crippen LogP contribution in [-0.4, -0.2) is 36.2 Å². The minimum absolute atomic E-state index is 0.123. The van der Waals surface area contributed by atoms with Crippen molar-refractivity contribution in [1.29, 1.82) is 0 Å². The number of aryl methyl sites for hydroxylation is 2. The molecule has 204 valence electrons. The lowest BCUT2D eigenvalue weighted by Crippen LogP contribution is -2.46. The zero-order chi connectivity index (χ0) is 27.9. The Morgan fingerprint density at radius 2 is 1.51 bits per heavy atom. The van der Waals surface area contributed by atoms with Crippen molar-refractivity contribution in [3.05, 3.63) is 77.4 Å². The van der Waals surface area contributed by atoms with E-state index in [4.69, 9.17) is 4.74 Å². The number of hydrogen-bond acceptors (Lipinski definition) is 4. The number of nitrogens with one attached hydrogen (secondary N) is 3. The molecular weight excluding hydrogens is 494 g/mol. The van der Waals surface area contributed by atoms with Crippen LogP contribution in [0, 0.1) is 19.8 Å². The van der Waals surface area contributed by atoms with Crippen LogP contribution in [0.2, 0.25) is 0 Å². The van der Waals surface area contributed by atoms with Crippen LogP contribution in [0.15, 0.2) is 60.7 Å². The van der Waals surface area contributed by atoms with Crippen molar-refractivity contribution in [3.8, 4) is 16.9 Å². The van der Waals surface area contributed by atoms with E-state index in [9.17, 15) is 19.5 Å². The van der Waals surface area contributed by atoms with Gasteiger partial charge in [0.25, 0.3) is 5.91 Å². The third-order valence-electron chi connectivity index (χ3n) is 7.33. The van der Waals surface area contributed by atoms with E-state index in [0.717, 1.165) is 54.4 Å². The summed E-state index contributed by atoms with van der Waals surface area (Å²) in [7, 11) is 1.59. The second-order valence-corrected chi connectivity index (χ2v) is 10.0. The van der Waals surface area contributed by atoms with Gasteiger partial charge in [-0.15, -0.1) is 0 Å². The van der Waals surface area contributed by atoms with Crippen LogP contribution in [0.5, 0.6) is 5.75 Å². The quantitative estimate of drug-likeness (QED) is 0.270. The first kappa shape index (κ1) is 27.7. The highest BCUT2D eigenvalue weighted by Gasteiger charge is 2.31. The van der Waals surface area contributed by atoms with Crippen LogP contribution in [0.4, 0.5) is 16.2 Å². The number of ether oxygens (including phenoxy) is 1. The number of carboxylic acid groups (broad SMARTS) is 1. The number of rotatable bonds is 8. The van der Waals surface area contributed by atoms with Crippen molar-refractivity contribution in [2.45, 2.75) is 52.0 Å². The molecule has 0 spiro atoms. The van der Waals surface area contributed by atoms with Crippen LogP contribution >= 0.6 is 0 Å². The van der Waals surface area contributed by atoms with Gasteiger partial charge in [0.1, 0.15) is 11.8 Å². The van der Waals surface area contributed by atoms with E-state index >= 15 is 0 Å². The van der Waals surface area contributed by atoms with Gasteiger partial charge in [0.15, 0.2) is 0 Å². The monoisotopic (exact) mass is 529 g/mol. The molecule has 3 amide bonds. The van der Waals surface area contributed by atoms with Crippen LogP contribution in [0.1, 0.15) is 53.6 Å². The molecule has 0 radical (unpaired) electrons. The summed E-state index contributed by atoms with van der Waals surface area (Å²) < 4.78 is 5.25. The second kappa shape index (κ2) is 12.5. The Morgan fingerprint density at radius 3 is 2.13 bits per heavy atom. The number of anilines is 2. The number of carbonyl (C=O) groups excluding carboxylic acids is 2. The summed E-state index contributed by atoms with van der Waals surface area (Å²) in [6.45, 7) is 3.81. The van der Waals surface area contributed by atoms with Crippen molar-refractivity contribution in [2.75, 3.05) is 17.7 Å². The maximum Gasteiger partial charge on any atom is 0.326 e. The van der Waals surface area contributed by atoms with E-state index in [2.05, 4.69) is 16.0 Å². The number of aliphatic carboxylic acids is 1. The number of amides is 3. The predicted octanol–water partition coefficient (Wildman–Crippen LogP) is 6.39. The lowest BCUT2D eigenvalue weighted by atomic mass is 9.83. The van der Waals surface area contributed by atoms with Crippen LogP contribution < -0.4 is 20.7 Å². The summed E-state index contributed by atoms with van der Waals surface area (Å²) in [5, 5.41) is 18.3. The van der Waals surface area contributed by atoms with E-state index in [-0.39, 0.29) is 17.2 Å². The maximum absolute atomic E-state index is 13.4. The third kappa shape index (κ3) is 6.76. The summed E-state index contributed by atoms with van der Waals surface area (Å²) in [6, 6.07) is 16.8. The van der Waals surface area contributed by atoms with Crippen molar-refractivity contribution in [3.63, 3.8) is 0 Å². The van der Waals surface area contributed by atoms with E-state index in [0.29, 0.717) is 11.4 Å². The van der Waals surface area contributed by atoms with Gasteiger partial charge in [-0.25, -0.2) is 9.59 Å². The molecule has 0 aliphatic heterocycles. The first-order valence-electron chi connectivity index (χ1n) is 13.2. The molecule has 1 aliphatic carbocycles. The molecule has 3 aromatic carbocycles. The Kier molecular flexibility index (Phi) is 8.86. The Bertz CT molecular complexity index is 1330. The molecule has 1 saturated carbocycles. The lowest BCUT2D eigenvalue weighted by Gasteiger charge is -2.28. The number of carboxylic acids is 1.